The van der Waals surface area contributed by atoms with Gasteiger partial charge in [-0.05, 0) is 103 Å². The first-order valence-corrected chi connectivity index (χ1v) is 27.0. The van der Waals surface area contributed by atoms with Crippen LogP contribution in [0.2, 0.25) is 52.9 Å². The van der Waals surface area contributed by atoms with Crippen molar-refractivity contribution in [3.8, 4) is 23.0 Å². The third kappa shape index (κ3) is 12.4. The minimum absolute atomic E-state index is 0.00579. The van der Waals surface area contributed by atoms with Crippen molar-refractivity contribution in [1.29, 1.82) is 0 Å². The van der Waals surface area contributed by atoms with Gasteiger partial charge in [0, 0.05) is 17.5 Å². The molecule has 1 rings (SSSR count). The zero-order chi connectivity index (χ0) is 38.9. The molecule has 4 nitrogen and oxygen atoms in total. The second-order valence-electron chi connectivity index (χ2n) is 18.3. The van der Waals surface area contributed by atoms with Gasteiger partial charge in [0.25, 0.3) is 0 Å². The summed E-state index contributed by atoms with van der Waals surface area (Å²) in [4.78, 5) is 0. The van der Waals surface area contributed by atoms with Crippen molar-refractivity contribution in [2.45, 2.75) is 175 Å². The molecule has 0 unspecified atom stereocenters. The summed E-state index contributed by atoms with van der Waals surface area (Å²) in [5, 5.41) is 11.9. The molecule has 284 valence electrons. The Labute approximate surface area is 312 Å². The lowest BCUT2D eigenvalue weighted by atomic mass is 9.98. The number of rotatable bonds is 17. The van der Waals surface area contributed by atoms with Crippen LogP contribution in [0, 0.1) is 11.5 Å². The van der Waals surface area contributed by atoms with Crippen LogP contribution in [-0.2, 0) is 10.8 Å². The van der Waals surface area contributed by atoms with Crippen molar-refractivity contribution in [3.05, 3.63) is 59.2 Å². The highest BCUT2D eigenvalue weighted by molar-refractivity contribution is 6.90. The van der Waals surface area contributed by atoms with Gasteiger partial charge in [-0.3, -0.25) is 0 Å². The molecule has 0 aliphatic rings. The average molecular weight is 741 g/mol. The lowest BCUT2D eigenvalue weighted by Crippen LogP contribution is -2.44. The molecule has 1 aromatic carbocycles. The van der Waals surface area contributed by atoms with Gasteiger partial charge < -0.3 is 18.7 Å². The summed E-state index contributed by atoms with van der Waals surface area (Å²) in [6.07, 6.45) is 8.41. The smallest absolute Gasteiger partial charge is 0.250 e. The largest absolute Gasteiger partial charge is 0.543 e. The molecule has 7 heteroatoms. The second-order valence-corrected chi connectivity index (χ2v) is 33.5. The summed E-state index contributed by atoms with van der Waals surface area (Å²) >= 11 is 0. The Morgan fingerprint density at radius 3 is 1.88 bits per heavy atom. The number of aliphatic hydroxyl groups is 1. The van der Waals surface area contributed by atoms with Crippen LogP contribution in [0.15, 0.2) is 48.1 Å². The minimum atomic E-state index is -2.23. The van der Waals surface area contributed by atoms with Crippen LogP contribution in [0.4, 0.5) is 0 Å². The van der Waals surface area contributed by atoms with E-state index in [1.165, 1.54) is 5.57 Å². The number of methoxy groups -OCH3 is 1. The van der Waals surface area contributed by atoms with E-state index in [-0.39, 0.29) is 10.1 Å². The predicted octanol–water partition coefficient (Wildman–Crippen LogP) is 13.1. The quantitative estimate of drug-likeness (QED) is 0.0748. The summed E-state index contributed by atoms with van der Waals surface area (Å²) in [6, 6.07) is 4.09. The summed E-state index contributed by atoms with van der Waals surface area (Å²) in [7, 11) is -4.21. The van der Waals surface area contributed by atoms with Crippen LogP contribution < -0.4 is 9.16 Å². The highest BCUT2D eigenvalue weighted by Gasteiger charge is 2.42. The third-order valence-corrected chi connectivity index (χ3v) is 26.7. The molecule has 0 aliphatic carbocycles. The van der Waals surface area contributed by atoms with Gasteiger partial charge in [-0.2, -0.15) is 0 Å². The highest BCUT2D eigenvalue weighted by atomic mass is 28.4. The third-order valence-electron chi connectivity index (χ3n) is 11.5. The van der Waals surface area contributed by atoms with Crippen LogP contribution in [0.3, 0.4) is 0 Å². The molecule has 1 N–H and O–H groups in total. The van der Waals surface area contributed by atoms with Gasteiger partial charge in [0.1, 0.15) is 25.7 Å². The molecule has 0 aliphatic heterocycles. The highest BCUT2D eigenvalue weighted by Crippen LogP contribution is 2.43. The average Bonchev–Trinajstić information content (AvgIpc) is 2.96. The Morgan fingerprint density at radius 1 is 0.880 bits per heavy atom. The van der Waals surface area contributed by atoms with Gasteiger partial charge >= 0.3 is 0 Å². The van der Waals surface area contributed by atoms with Crippen molar-refractivity contribution in [2.24, 2.45) is 0 Å². The Bertz CT molecular complexity index is 1350. The Kier molecular flexibility index (Phi) is 17.4. The van der Waals surface area contributed by atoms with Gasteiger partial charge in [0.2, 0.25) is 8.32 Å². The van der Waals surface area contributed by atoms with E-state index in [0.29, 0.717) is 35.2 Å². The first-order valence-electron chi connectivity index (χ1n) is 18.9. The molecule has 0 amide bonds. The molecular formula is C43H76O4Si3. The monoisotopic (exact) mass is 741 g/mol. The molecule has 50 heavy (non-hydrogen) atoms. The van der Waals surface area contributed by atoms with E-state index >= 15 is 0 Å². The summed E-state index contributed by atoms with van der Waals surface area (Å²) in [5.41, 5.74) is 9.84. The summed E-state index contributed by atoms with van der Waals surface area (Å²) in [6.45, 7) is 43.3. The van der Waals surface area contributed by atoms with E-state index in [1.54, 1.807) is 7.11 Å². The molecule has 0 saturated heterocycles. The molecule has 0 aromatic heterocycles. The van der Waals surface area contributed by atoms with Gasteiger partial charge in [-0.1, -0.05) is 101 Å². The first kappa shape index (κ1) is 46.2. The van der Waals surface area contributed by atoms with E-state index in [1.807, 2.05) is 18.2 Å². The Balaban J connectivity index is 3.55. The van der Waals surface area contributed by atoms with Gasteiger partial charge in [-0.15, -0.1) is 18.0 Å². The SMILES string of the molecule is C=CC/C(=C\[C@H](O)c1cc(OC)c(C/C(C)=C\CCC#C[Si](C(C)C)(C(C)C)C(C)C)cc1O[Si](C)(C)C(C)(C)C)CO[Si](C)(C)C(C)(C)C. The van der Waals surface area contributed by atoms with E-state index in [9.17, 15) is 5.11 Å². The van der Waals surface area contributed by atoms with Crippen LogP contribution >= 0.6 is 0 Å². The summed E-state index contributed by atoms with van der Waals surface area (Å²) in [5.74, 6) is 5.10. The van der Waals surface area contributed by atoms with Crippen molar-refractivity contribution in [2.75, 3.05) is 13.7 Å². The molecular weight excluding hydrogens is 665 g/mol. The fourth-order valence-electron chi connectivity index (χ4n) is 6.27. The van der Waals surface area contributed by atoms with Crippen molar-refractivity contribution >= 4 is 24.7 Å². The molecule has 0 spiro atoms. The molecule has 0 heterocycles. The van der Waals surface area contributed by atoms with Crippen molar-refractivity contribution in [1.82, 2.24) is 0 Å². The standard InChI is InChI=1S/C43H76O4Si3/c1-20-24-36(31-46-48(16,17)42(9,10)11)28-39(44)38-30-40(45-15)37(29-41(38)47-49(18,19)43(12,13)14)27-35(8)25-22-21-23-26-50(32(2)3,33(4)5)34(6)7/h20,25,28-30,32-34,39,44H,1,21-22,24,27,31H2,2-19H3/b35-25-,36-28+/t39-/m0/s1. The molecule has 0 fully saturated rings. The van der Waals surface area contributed by atoms with Crippen LogP contribution in [0.1, 0.15) is 127 Å². The lowest BCUT2D eigenvalue weighted by Gasteiger charge is -2.38. The Hall–Kier alpha value is -1.83. The number of benzene rings is 1. The molecule has 1 aromatic rings. The van der Waals surface area contributed by atoms with Gasteiger partial charge in [0.05, 0.1) is 13.7 Å². The lowest BCUT2D eigenvalue weighted by molar-refractivity contribution is 0.221. The van der Waals surface area contributed by atoms with E-state index < -0.39 is 30.8 Å². The molecule has 1 atom stereocenters. The summed E-state index contributed by atoms with van der Waals surface area (Å²) < 4.78 is 19.5. The number of unbranched alkanes of at least 4 members (excludes halogenated alkanes) is 1. The maximum Gasteiger partial charge on any atom is 0.250 e. The zero-order valence-electron chi connectivity index (χ0n) is 35.6. The van der Waals surface area contributed by atoms with E-state index in [2.05, 4.69) is 146 Å². The van der Waals surface area contributed by atoms with Crippen molar-refractivity contribution < 1.29 is 18.7 Å². The van der Waals surface area contributed by atoms with Gasteiger partial charge in [0.15, 0.2) is 8.32 Å². The fraction of sp³-hybridized carbons (Fsp3) is 0.674. The maximum absolute atomic E-state index is 11.8. The van der Waals surface area contributed by atoms with Crippen molar-refractivity contribution in [3.63, 3.8) is 0 Å². The number of allylic oxidation sites excluding steroid dienone is 3. The molecule has 0 saturated carbocycles. The van der Waals surface area contributed by atoms with Crippen LogP contribution in [0.25, 0.3) is 0 Å². The fourth-order valence-corrected chi connectivity index (χ4v) is 13.6. The zero-order valence-corrected chi connectivity index (χ0v) is 38.6. The maximum atomic E-state index is 11.8. The first-order chi connectivity index (χ1) is 22.8. The second kappa shape index (κ2) is 18.8. The van der Waals surface area contributed by atoms with Gasteiger partial charge in [-0.25, -0.2) is 0 Å². The molecule has 0 bridgehead atoms. The van der Waals surface area contributed by atoms with E-state index in [0.717, 1.165) is 41.9 Å². The minimum Gasteiger partial charge on any atom is -0.543 e. The Morgan fingerprint density at radius 2 is 1.42 bits per heavy atom. The number of hydrogen-bond donors (Lipinski definition) is 1. The predicted molar refractivity (Wildman–Crippen MR) is 227 cm³/mol. The molecule has 0 radical (unpaired) electrons. The number of aliphatic hydroxyl groups excluding tert-OH is 1. The van der Waals surface area contributed by atoms with Crippen LogP contribution in [0.5, 0.6) is 11.5 Å². The van der Waals surface area contributed by atoms with Crippen LogP contribution in [-0.4, -0.2) is 43.5 Å². The number of hydrogen-bond acceptors (Lipinski definition) is 4. The normalized spacial score (nSPS) is 14.6. The number of ether oxygens (including phenoxy) is 1. The topological polar surface area (TPSA) is 47.9 Å². The van der Waals surface area contributed by atoms with E-state index in [4.69, 9.17) is 13.6 Å².